The van der Waals surface area contributed by atoms with Gasteiger partial charge in [-0.15, -0.1) is 0 Å². The van der Waals surface area contributed by atoms with Gasteiger partial charge in [-0.2, -0.15) is 0 Å². The zero-order chi connectivity index (χ0) is 31.8. The number of hydrogen-bond donors (Lipinski definition) is 4. The van der Waals surface area contributed by atoms with Crippen LogP contribution in [-0.4, -0.2) is 114 Å². The summed E-state index contributed by atoms with van der Waals surface area (Å²) in [6.45, 7) is 0.851. The highest BCUT2D eigenvalue weighted by atomic mass is 31.2. The maximum Gasteiger partial charge on any atom is 0.279 e. The second kappa shape index (κ2) is 11.0. The lowest BCUT2D eigenvalue weighted by Gasteiger charge is -2.30. The molecule has 20 nitrogen and oxygen atoms in total. The van der Waals surface area contributed by atoms with Crippen molar-refractivity contribution in [2.45, 2.75) is 56.0 Å². The number of anilines is 1. The minimum atomic E-state index is -3.76. The van der Waals surface area contributed by atoms with Crippen molar-refractivity contribution < 1.29 is 46.9 Å². The standard InChI is InChI=1S/C21H29B2N9O11P2/c1-7-29-18-11(19(35)30-7)28-6-32(18)21-15-12(33)8(40-21)2-38-44(22,36)42-14-9(3-39-45(23,37)43-15)41-20(13(14)34)31-5-27-10-16(24)25-4-26-17(10)31/h4-6,8-9,12-15,20-21,33-34H,2-3H2,1,22-23H3,(H2,24,25,26)(H,29,30,35)/q-2/t8-,9-,12?,13+,14?,15+,20-,21-,44?,45?/m1/s1. The zero-order valence-corrected chi connectivity index (χ0v) is 23.7. The third kappa shape index (κ3) is 5.44. The molecule has 0 aliphatic carbocycles. The lowest BCUT2D eigenvalue weighted by atomic mass is 10.1. The van der Waals surface area contributed by atoms with Crippen molar-refractivity contribution in [3.8, 4) is 0 Å². The van der Waals surface area contributed by atoms with Crippen molar-refractivity contribution in [1.29, 1.82) is 0 Å². The van der Waals surface area contributed by atoms with E-state index < -0.39 is 84.7 Å². The van der Waals surface area contributed by atoms with Crippen LogP contribution in [0.1, 0.15) is 18.3 Å². The van der Waals surface area contributed by atoms with Gasteiger partial charge in [-0.05, 0) is 6.92 Å². The van der Waals surface area contributed by atoms with Gasteiger partial charge in [0, 0.05) is 0 Å². The van der Waals surface area contributed by atoms with Gasteiger partial charge >= 0.3 is 0 Å². The van der Waals surface area contributed by atoms with Gasteiger partial charge in [0.05, 0.1) is 41.0 Å². The monoisotopic (exact) mass is 667 g/mol. The summed E-state index contributed by atoms with van der Waals surface area (Å²) in [4.78, 5) is 35.8. The summed E-state index contributed by atoms with van der Waals surface area (Å²) in [5.41, 5.74) is 6.21. The number of nitrogens with one attached hydrogen (secondary N) is 1. The first-order valence-corrected chi connectivity index (χ1v) is 15.0. The van der Waals surface area contributed by atoms with Crippen LogP contribution in [0.4, 0.5) is 5.82 Å². The summed E-state index contributed by atoms with van der Waals surface area (Å²) in [7, 11) is -9.84. The predicted molar refractivity (Wildman–Crippen MR) is 159 cm³/mol. The Balaban J connectivity index is 1.21. The predicted octanol–water partition coefficient (Wildman–Crippen LogP) is -2.87. The van der Waals surface area contributed by atoms with E-state index in [1.54, 1.807) is 6.92 Å². The van der Waals surface area contributed by atoms with E-state index in [1.165, 1.54) is 28.1 Å². The molecule has 4 unspecified atom stereocenters. The van der Waals surface area contributed by atoms with Crippen LogP contribution in [0, 0.1) is 6.92 Å². The molecular formula is C21H29B2N9O11P2-2. The normalized spacial score (nSPS) is 37.7. The summed E-state index contributed by atoms with van der Waals surface area (Å²) in [6.07, 6.45) is -5.75. The molecule has 24 heteroatoms. The highest BCUT2D eigenvalue weighted by Gasteiger charge is 2.51. The topological polar surface area (TPSA) is 263 Å². The molecule has 3 fully saturated rings. The lowest BCUT2D eigenvalue weighted by Crippen LogP contribution is -2.36. The van der Waals surface area contributed by atoms with Crippen LogP contribution in [0.3, 0.4) is 0 Å². The Morgan fingerprint density at radius 3 is 2.24 bits per heavy atom. The number of H-pyrrole nitrogens is 1. The third-order valence-electron chi connectivity index (χ3n) is 7.21. The number of ether oxygens (including phenoxy) is 2. The van der Waals surface area contributed by atoms with Crippen molar-refractivity contribution >= 4 is 58.2 Å². The van der Waals surface area contributed by atoms with Crippen molar-refractivity contribution in [2.75, 3.05) is 18.9 Å². The second-order valence-corrected chi connectivity index (χ2v) is 11.7. The first kappa shape index (κ1) is 30.6. The van der Waals surface area contributed by atoms with Crippen molar-refractivity contribution in [3.05, 3.63) is 35.2 Å². The van der Waals surface area contributed by atoms with Crippen molar-refractivity contribution in [1.82, 2.24) is 39.0 Å². The van der Waals surface area contributed by atoms with E-state index >= 15 is 0 Å². The SMILES string of the molecule is [BH3-]P1(=O)OC[C@H]2O[C@@H](n3cnc4c(=O)[nH]c(C)nc43)[C@@H](OP([BH3-])(=O)OC[C@H]3O[C@@H](n4cnc5c(N)ncnc54)[C@@H](O)C3O1)C2O. The minimum Gasteiger partial charge on any atom is -0.387 e. The Bertz CT molecular complexity index is 1940. The van der Waals surface area contributed by atoms with Gasteiger partial charge in [0.15, 0.2) is 35.1 Å². The zero-order valence-electron chi connectivity index (χ0n) is 21.9. The molecule has 45 heavy (non-hydrogen) atoms. The molecule has 242 valence electrons. The van der Waals surface area contributed by atoms with Gasteiger partial charge in [0.1, 0.15) is 69.2 Å². The van der Waals surface area contributed by atoms with Crippen LogP contribution < -0.4 is 11.3 Å². The molecule has 4 aromatic rings. The number of aromatic nitrogens is 8. The lowest BCUT2D eigenvalue weighted by molar-refractivity contribution is -0.0578. The van der Waals surface area contributed by atoms with Gasteiger partial charge in [-0.1, -0.05) is 0 Å². The summed E-state index contributed by atoms with van der Waals surface area (Å²) in [5, 5.41) is 22.6. The molecule has 0 saturated carbocycles. The van der Waals surface area contributed by atoms with Gasteiger partial charge < -0.3 is 57.6 Å². The number of aliphatic hydroxyl groups excluding tert-OH is 2. The maximum atomic E-state index is 13.8. The highest BCUT2D eigenvalue weighted by Crippen LogP contribution is 2.53. The average Bonchev–Trinajstić information content (AvgIpc) is 3.72. The molecule has 0 radical (unpaired) electrons. The number of hydrogen-bond acceptors (Lipinski definition) is 17. The molecule has 7 heterocycles. The Hall–Kier alpha value is -3.03. The van der Waals surface area contributed by atoms with Crippen LogP contribution in [0.15, 0.2) is 23.8 Å². The molecule has 7 rings (SSSR count). The van der Waals surface area contributed by atoms with Crippen LogP contribution >= 0.6 is 14.9 Å². The highest BCUT2D eigenvalue weighted by molar-refractivity contribution is 7.79. The summed E-state index contributed by atoms with van der Waals surface area (Å²) >= 11 is 0. The number of rotatable bonds is 2. The smallest absolute Gasteiger partial charge is 0.279 e. The Morgan fingerprint density at radius 2 is 1.51 bits per heavy atom. The van der Waals surface area contributed by atoms with E-state index in [-0.39, 0.29) is 35.8 Å². The number of aryl methyl sites for hydroxylation is 1. The van der Waals surface area contributed by atoms with Gasteiger partial charge in [-0.3, -0.25) is 13.9 Å². The molecule has 0 spiro atoms. The van der Waals surface area contributed by atoms with E-state index in [0.717, 1.165) is 0 Å². The van der Waals surface area contributed by atoms with Crippen molar-refractivity contribution in [3.63, 3.8) is 0 Å². The van der Waals surface area contributed by atoms with Crippen molar-refractivity contribution in [2.24, 2.45) is 0 Å². The molecule has 3 aliphatic rings. The first-order chi connectivity index (χ1) is 21.3. The largest absolute Gasteiger partial charge is 0.387 e. The average molecular weight is 667 g/mol. The number of nitrogens with two attached hydrogens (primary N) is 1. The Kier molecular flexibility index (Phi) is 7.52. The van der Waals surface area contributed by atoms with E-state index in [4.69, 9.17) is 33.3 Å². The summed E-state index contributed by atoms with van der Waals surface area (Å²) in [5.74, 6) is 0.451. The summed E-state index contributed by atoms with van der Waals surface area (Å²) < 4.78 is 66.1. The fraction of sp³-hybridized carbons (Fsp3) is 0.524. The fourth-order valence-corrected chi connectivity index (χ4v) is 6.76. The molecule has 0 amide bonds. The summed E-state index contributed by atoms with van der Waals surface area (Å²) in [6, 6.07) is 0. The number of nitrogen functional groups attached to an aromatic ring is 1. The Morgan fingerprint density at radius 1 is 0.889 bits per heavy atom. The third-order valence-corrected chi connectivity index (χ3v) is 8.76. The molecule has 3 aliphatic heterocycles. The molecule has 4 aromatic heterocycles. The minimum absolute atomic E-state index is 0.0314. The van der Waals surface area contributed by atoms with Crippen LogP contribution in [0.2, 0.25) is 0 Å². The molecule has 2 bridgehead atoms. The van der Waals surface area contributed by atoms with Crippen LogP contribution in [0.5, 0.6) is 0 Å². The molecular weight excluding hydrogens is 638 g/mol. The van der Waals surface area contributed by atoms with Crippen LogP contribution in [0.25, 0.3) is 22.3 Å². The van der Waals surface area contributed by atoms with Gasteiger partial charge in [0.2, 0.25) is 0 Å². The number of imidazole rings is 2. The second-order valence-electron chi connectivity index (χ2n) is 9.85. The fourth-order valence-electron chi connectivity index (χ4n) is 5.21. The quantitative estimate of drug-likeness (QED) is 0.124. The van der Waals surface area contributed by atoms with Crippen LogP contribution in [-0.2, 0) is 36.7 Å². The van der Waals surface area contributed by atoms with Gasteiger partial charge in [-0.25, -0.2) is 24.9 Å². The van der Waals surface area contributed by atoms with E-state index in [1.807, 2.05) is 0 Å². The van der Waals surface area contributed by atoms with E-state index in [2.05, 4.69) is 29.9 Å². The molecule has 10 atom stereocenters. The van der Waals surface area contributed by atoms with E-state index in [9.17, 15) is 24.1 Å². The maximum absolute atomic E-state index is 13.8. The number of nitrogens with zero attached hydrogens (tertiary/aromatic N) is 7. The number of fused-ring (bicyclic) bond motifs is 5. The van der Waals surface area contributed by atoms with Gasteiger partial charge in [0.25, 0.3) is 5.56 Å². The molecule has 5 N–H and O–H groups in total. The Labute approximate surface area is 254 Å². The molecule has 0 aromatic carbocycles. The first-order valence-electron chi connectivity index (χ1n) is 12.8. The molecule has 3 saturated heterocycles. The van der Waals surface area contributed by atoms with E-state index in [0.29, 0.717) is 11.3 Å². The number of aliphatic hydroxyl groups is 2. The number of aromatic amines is 1.